The van der Waals surface area contributed by atoms with E-state index < -0.39 is 16.8 Å². The Morgan fingerprint density at radius 1 is 1.21 bits per heavy atom. The van der Waals surface area contributed by atoms with Crippen molar-refractivity contribution in [2.45, 2.75) is 63.2 Å². The van der Waals surface area contributed by atoms with E-state index in [0.29, 0.717) is 17.9 Å². The van der Waals surface area contributed by atoms with Crippen molar-refractivity contribution in [2.24, 2.45) is 0 Å². The zero-order valence-corrected chi connectivity index (χ0v) is 17.5. The summed E-state index contributed by atoms with van der Waals surface area (Å²) in [5.74, 6) is 0.993. The lowest BCUT2D eigenvalue weighted by Gasteiger charge is -2.38. The van der Waals surface area contributed by atoms with E-state index in [1.165, 1.54) is 5.56 Å². The highest BCUT2D eigenvalue weighted by molar-refractivity contribution is 7.85. The number of carbonyl (C=O) groups is 2. The van der Waals surface area contributed by atoms with Crippen LogP contribution < -0.4 is 10.6 Å². The molecule has 3 rings (SSSR count). The van der Waals surface area contributed by atoms with Crippen LogP contribution in [0.4, 0.5) is 0 Å². The monoisotopic (exact) mass is 405 g/mol. The van der Waals surface area contributed by atoms with Gasteiger partial charge in [-0.1, -0.05) is 30.3 Å². The van der Waals surface area contributed by atoms with Crippen LogP contribution in [0.15, 0.2) is 30.3 Å². The molecule has 0 bridgehead atoms. The fraction of sp³-hybridized carbons (Fsp3) is 0.619. The molecule has 6 nitrogen and oxygen atoms in total. The zero-order chi connectivity index (χ0) is 20.1. The molecule has 2 aliphatic rings. The molecule has 2 heterocycles. The minimum atomic E-state index is -0.962. The maximum absolute atomic E-state index is 13.0. The third kappa shape index (κ3) is 5.00. The van der Waals surface area contributed by atoms with Crippen molar-refractivity contribution in [1.29, 1.82) is 0 Å². The van der Waals surface area contributed by atoms with Crippen LogP contribution in [-0.4, -0.2) is 63.6 Å². The van der Waals surface area contributed by atoms with Gasteiger partial charge in [0.25, 0.3) is 0 Å². The molecule has 5 atom stereocenters. The summed E-state index contributed by atoms with van der Waals surface area (Å²) in [5, 5.41) is 5.78. The second-order valence-corrected chi connectivity index (χ2v) is 9.45. The molecule has 2 saturated heterocycles. The number of nitrogens with one attached hydrogen (secondary N) is 2. The van der Waals surface area contributed by atoms with E-state index in [1.54, 1.807) is 14.0 Å². The summed E-state index contributed by atoms with van der Waals surface area (Å²) in [7, 11) is 0.764. The first kappa shape index (κ1) is 21.0. The normalized spacial score (nSPS) is 26.6. The van der Waals surface area contributed by atoms with E-state index in [4.69, 9.17) is 0 Å². The SMILES string of the molecule is CNC(C)C(=O)N[C@H]1CC[C@H]2CC[C@@H](CS(=O)CCc3ccccc3)N2C1=O. The van der Waals surface area contributed by atoms with Crippen molar-refractivity contribution < 1.29 is 13.8 Å². The summed E-state index contributed by atoms with van der Waals surface area (Å²) >= 11 is 0. The minimum absolute atomic E-state index is 0.00420. The van der Waals surface area contributed by atoms with Gasteiger partial charge >= 0.3 is 0 Å². The second-order valence-electron chi connectivity index (χ2n) is 7.83. The molecular formula is C21H31N3O3S. The molecular weight excluding hydrogens is 374 g/mol. The van der Waals surface area contributed by atoms with Gasteiger partial charge in [-0.3, -0.25) is 13.8 Å². The van der Waals surface area contributed by atoms with Crippen LogP contribution in [0.3, 0.4) is 0 Å². The van der Waals surface area contributed by atoms with Crippen molar-refractivity contribution in [2.75, 3.05) is 18.6 Å². The first-order valence-electron chi connectivity index (χ1n) is 10.2. The third-order valence-electron chi connectivity index (χ3n) is 5.94. The van der Waals surface area contributed by atoms with E-state index in [1.807, 2.05) is 23.1 Å². The van der Waals surface area contributed by atoms with Crippen molar-refractivity contribution >= 4 is 22.6 Å². The predicted molar refractivity (Wildman–Crippen MR) is 111 cm³/mol. The van der Waals surface area contributed by atoms with E-state index in [-0.39, 0.29) is 29.9 Å². The number of nitrogens with zero attached hydrogens (tertiary/aromatic N) is 1. The van der Waals surface area contributed by atoms with Gasteiger partial charge in [-0.05, 0) is 51.6 Å². The van der Waals surface area contributed by atoms with Gasteiger partial charge in [0, 0.05) is 34.4 Å². The number of rotatable bonds is 8. The van der Waals surface area contributed by atoms with Crippen LogP contribution >= 0.6 is 0 Å². The molecule has 0 radical (unpaired) electrons. The number of likely N-dealkylation sites (N-methyl/N-ethyl adjacent to an activating group) is 1. The molecule has 0 saturated carbocycles. The van der Waals surface area contributed by atoms with Gasteiger partial charge in [0.05, 0.1) is 6.04 Å². The van der Waals surface area contributed by atoms with E-state index in [2.05, 4.69) is 22.8 Å². The topological polar surface area (TPSA) is 78.5 Å². The molecule has 28 heavy (non-hydrogen) atoms. The van der Waals surface area contributed by atoms with Gasteiger partial charge in [-0.15, -0.1) is 0 Å². The molecule has 2 aliphatic heterocycles. The third-order valence-corrected chi connectivity index (χ3v) is 7.36. The van der Waals surface area contributed by atoms with Crippen molar-refractivity contribution in [3.8, 4) is 0 Å². The molecule has 7 heteroatoms. The van der Waals surface area contributed by atoms with Crippen molar-refractivity contribution in [1.82, 2.24) is 15.5 Å². The molecule has 1 aromatic rings. The van der Waals surface area contributed by atoms with Gasteiger partial charge in [0.2, 0.25) is 11.8 Å². The van der Waals surface area contributed by atoms with Crippen LogP contribution in [0.1, 0.15) is 38.2 Å². The Bertz CT molecular complexity index is 712. The summed E-state index contributed by atoms with van der Waals surface area (Å²) < 4.78 is 12.6. The van der Waals surface area contributed by atoms with Crippen LogP contribution in [0.5, 0.6) is 0 Å². The van der Waals surface area contributed by atoms with Crippen LogP contribution in [0.25, 0.3) is 0 Å². The molecule has 154 valence electrons. The van der Waals surface area contributed by atoms with Gasteiger partial charge in [0.1, 0.15) is 6.04 Å². The summed E-state index contributed by atoms with van der Waals surface area (Å²) in [5.41, 5.74) is 1.19. The minimum Gasteiger partial charge on any atom is -0.343 e. The van der Waals surface area contributed by atoms with Gasteiger partial charge in [-0.2, -0.15) is 0 Å². The Morgan fingerprint density at radius 3 is 2.64 bits per heavy atom. The molecule has 2 N–H and O–H groups in total. The average molecular weight is 406 g/mol. The smallest absolute Gasteiger partial charge is 0.245 e. The van der Waals surface area contributed by atoms with E-state index in [9.17, 15) is 13.8 Å². The molecule has 0 aromatic heterocycles. The Balaban J connectivity index is 1.55. The van der Waals surface area contributed by atoms with Crippen molar-refractivity contribution in [3.63, 3.8) is 0 Å². The second kappa shape index (κ2) is 9.65. The first-order chi connectivity index (χ1) is 13.5. The van der Waals surface area contributed by atoms with Crippen LogP contribution in [0.2, 0.25) is 0 Å². The molecule has 2 amide bonds. The van der Waals surface area contributed by atoms with Crippen LogP contribution in [-0.2, 0) is 26.8 Å². The lowest BCUT2D eigenvalue weighted by Crippen LogP contribution is -2.58. The zero-order valence-electron chi connectivity index (χ0n) is 16.7. The standard InChI is InChI=1S/C21H31N3O3S/c1-15(22-2)20(25)23-19-11-10-17-8-9-18(24(17)21(19)26)14-28(27)13-12-16-6-4-3-5-7-16/h3-7,15,17-19,22H,8-14H2,1-2H3,(H,23,25)/t15?,17-,18+,19+,28?/m1/s1. The first-order valence-corrected chi connectivity index (χ1v) is 11.7. The lowest BCUT2D eigenvalue weighted by atomic mass is 9.98. The highest BCUT2D eigenvalue weighted by Crippen LogP contribution is 2.33. The molecule has 2 fully saturated rings. The Labute approximate surface area is 169 Å². The van der Waals surface area contributed by atoms with Crippen LogP contribution in [0, 0.1) is 0 Å². The number of carbonyl (C=O) groups excluding carboxylic acids is 2. The summed E-state index contributed by atoms with van der Waals surface area (Å²) in [6, 6.07) is 9.54. The number of piperidine rings is 1. The highest BCUT2D eigenvalue weighted by atomic mass is 32.2. The fourth-order valence-corrected chi connectivity index (χ4v) is 5.55. The number of benzene rings is 1. The summed E-state index contributed by atoms with van der Waals surface area (Å²) in [4.78, 5) is 27.1. The number of hydrogen-bond acceptors (Lipinski definition) is 4. The number of fused-ring (bicyclic) bond motifs is 1. The maximum atomic E-state index is 13.0. The molecule has 2 unspecified atom stereocenters. The fourth-order valence-electron chi connectivity index (χ4n) is 4.17. The van der Waals surface area contributed by atoms with Gasteiger partial charge in [-0.25, -0.2) is 0 Å². The summed E-state index contributed by atoms with van der Waals surface area (Å²) in [6.07, 6.45) is 4.25. The quantitative estimate of drug-likeness (QED) is 0.682. The van der Waals surface area contributed by atoms with Gasteiger partial charge in [0.15, 0.2) is 0 Å². The largest absolute Gasteiger partial charge is 0.343 e. The van der Waals surface area contributed by atoms with Gasteiger partial charge < -0.3 is 15.5 Å². The Morgan fingerprint density at radius 2 is 1.93 bits per heavy atom. The summed E-state index contributed by atoms with van der Waals surface area (Å²) in [6.45, 7) is 1.78. The highest BCUT2D eigenvalue weighted by Gasteiger charge is 2.44. The van der Waals surface area contributed by atoms with E-state index in [0.717, 1.165) is 25.7 Å². The number of aryl methyl sites for hydroxylation is 1. The predicted octanol–water partition coefficient (Wildman–Crippen LogP) is 1.22. The molecule has 0 aliphatic carbocycles. The Kier molecular flexibility index (Phi) is 7.24. The number of amides is 2. The Hall–Kier alpha value is -1.73. The molecule has 0 spiro atoms. The average Bonchev–Trinajstić information content (AvgIpc) is 3.12. The maximum Gasteiger partial charge on any atom is 0.245 e. The number of hydrogen-bond donors (Lipinski definition) is 2. The lowest BCUT2D eigenvalue weighted by molar-refractivity contribution is -0.142. The molecule has 1 aromatic carbocycles. The van der Waals surface area contributed by atoms with Crippen molar-refractivity contribution in [3.05, 3.63) is 35.9 Å². The van der Waals surface area contributed by atoms with E-state index >= 15 is 0 Å².